The molecule has 1 aliphatic heterocycles. The highest BCUT2D eigenvalue weighted by Crippen LogP contribution is 2.22. The smallest absolute Gasteiger partial charge is 0.233 e. The summed E-state index contributed by atoms with van der Waals surface area (Å²) in [5, 5.41) is 0. The second-order valence-corrected chi connectivity index (χ2v) is 8.46. The molecule has 0 aromatic heterocycles. The lowest BCUT2D eigenvalue weighted by Crippen LogP contribution is -2.29. The molecule has 1 heterocycles. The molecule has 140 valence electrons. The summed E-state index contributed by atoms with van der Waals surface area (Å²) in [6, 6.07) is 15.2. The SMILES string of the molecule is COc1cccc(CCS(=O)(=O)Nc2ccc(N3CCCCC3)cc2)c1. The molecule has 0 saturated carbocycles. The first kappa shape index (κ1) is 18.6. The van der Waals surface area contributed by atoms with E-state index in [2.05, 4.69) is 9.62 Å². The number of ether oxygens (including phenoxy) is 1. The Kier molecular flexibility index (Phi) is 6.04. The van der Waals surface area contributed by atoms with E-state index < -0.39 is 10.0 Å². The molecule has 1 saturated heterocycles. The predicted molar refractivity (Wildman–Crippen MR) is 107 cm³/mol. The molecule has 1 aliphatic rings. The first-order valence-electron chi connectivity index (χ1n) is 9.04. The minimum absolute atomic E-state index is 0.0358. The number of hydrogen-bond acceptors (Lipinski definition) is 4. The van der Waals surface area contributed by atoms with Crippen molar-refractivity contribution in [1.82, 2.24) is 0 Å². The zero-order chi connectivity index (χ0) is 18.4. The summed E-state index contributed by atoms with van der Waals surface area (Å²) in [5.74, 6) is 0.773. The Hall–Kier alpha value is -2.21. The van der Waals surface area contributed by atoms with Crippen LogP contribution < -0.4 is 14.4 Å². The van der Waals surface area contributed by atoms with Crippen molar-refractivity contribution in [3.05, 3.63) is 54.1 Å². The van der Waals surface area contributed by atoms with Gasteiger partial charge in [-0.1, -0.05) is 12.1 Å². The molecule has 26 heavy (non-hydrogen) atoms. The lowest BCUT2D eigenvalue weighted by Gasteiger charge is -2.28. The number of nitrogens with one attached hydrogen (secondary N) is 1. The first-order chi connectivity index (χ1) is 12.6. The molecule has 0 radical (unpaired) electrons. The number of methoxy groups -OCH3 is 1. The number of anilines is 2. The summed E-state index contributed by atoms with van der Waals surface area (Å²) in [5.41, 5.74) is 2.70. The second kappa shape index (κ2) is 8.45. The van der Waals surface area contributed by atoms with Crippen LogP contribution in [0.3, 0.4) is 0 Å². The predicted octanol–water partition coefficient (Wildman–Crippen LogP) is 3.67. The van der Waals surface area contributed by atoms with Crippen LogP contribution in [0, 0.1) is 0 Å². The standard InChI is InChI=1S/C20H26N2O3S/c1-25-20-7-5-6-17(16-20)12-15-26(23,24)21-18-8-10-19(11-9-18)22-13-3-2-4-14-22/h5-11,16,21H,2-4,12-15H2,1H3. The maximum atomic E-state index is 12.4. The number of sulfonamides is 1. The molecule has 6 heteroatoms. The molecule has 0 aliphatic carbocycles. The van der Waals surface area contributed by atoms with Gasteiger partial charge in [-0.15, -0.1) is 0 Å². The molecule has 0 unspecified atom stereocenters. The van der Waals surface area contributed by atoms with Crippen LogP contribution in [0.2, 0.25) is 0 Å². The molecular formula is C20H26N2O3S. The Morgan fingerprint density at radius 1 is 1.04 bits per heavy atom. The number of piperidine rings is 1. The number of hydrogen-bond donors (Lipinski definition) is 1. The monoisotopic (exact) mass is 374 g/mol. The lowest BCUT2D eigenvalue weighted by atomic mass is 10.1. The van der Waals surface area contributed by atoms with Crippen LogP contribution in [0.1, 0.15) is 24.8 Å². The fraction of sp³-hybridized carbons (Fsp3) is 0.400. The van der Waals surface area contributed by atoms with E-state index >= 15 is 0 Å². The van der Waals surface area contributed by atoms with Crippen LogP contribution >= 0.6 is 0 Å². The van der Waals surface area contributed by atoms with Gasteiger partial charge in [0.25, 0.3) is 0 Å². The summed E-state index contributed by atoms with van der Waals surface area (Å²) >= 11 is 0. The van der Waals surface area contributed by atoms with E-state index in [1.54, 1.807) is 7.11 Å². The van der Waals surface area contributed by atoms with Crippen molar-refractivity contribution < 1.29 is 13.2 Å². The van der Waals surface area contributed by atoms with Gasteiger partial charge in [0.2, 0.25) is 10.0 Å². The van der Waals surface area contributed by atoms with Crippen molar-refractivity contribution >= 4 is 21.4 Å². The highest BCUT2D eigenvalue weighted by Gasteiger charge is 2.13. The average molecular weight is 375 g/mol. The number of aryl methyl sites for hydroxylation is 1. The molecule has 1 N–H and O–H groups in total. The molecule has 0 amide bonds. The Bertz CT molecular complexity index is 813. The molecular weight excluding hydrogens is 348 g/mol. The molecule has 0 spiro atoms. The Morgan fingerprint density at radius 2 is 1.77 bits per heavy atom. The van der Waals surface area contributed by atoms with Gasteiger partial charge in [-0.2, -0.15) is 0 Å². The fourth-order valence-electron chi connectivity index (χ4n) is 3.20. The average Bonchev–Trinajstić information content (AvgIpc) is 2.68. The van der Waals surface area contributed by atoms with Crippen LogP contribution in [0.25, 0.3) is 0 Å². The number of benzene rings is 2. The minimum Gasteiger partial charge on any atom is -0.497 e. The first-order valence-corrected chi connectivity index (χ1v) is 10.7. The highest BCUT2D eigenvalue weighted by molar-refractivity contribution is 7.92. The van der Waals surface area contributed by atoms with Gasteiger partial charge in [-0.3, -0.25) is 4.72 Å². The quantitative estimate of drug-likeness (QED) is 0.803. The lowest BCUT2D eigenvalue weighted by molar-refractivity contribution is 0.414. The van der Waals surface area contributed by atoms with Crippen LogP contribution in [0.4, 0.5) is 11.4 Å². The van der Waals surface area contributed by atoms with E-state index in [4.69, 9.17) is 4.74 Å². The van der Waals surface area contributed by atoms with Gasteiger partial charge in [0.1, 0.15) is 5.75 Å². The van der Waals surface area contributed by atoms with Crippen molar-refractivity contribution in [3.63, 3.8) is 0 Å². The molecule has 0 bridgehead atoms. The van der Waals surface area contributed by atoms with Crippen LogP contribution in [-0.4, -0.2) is 34.4 Å². The van der Waals surface area contributed by atoms with E-state index in [1.165, 1.54) is 19.3 Å². The van der Waals surface area contributed by atoms with Gasteiger partial charge in [-0.25, -0.2) is 8.42 Å². The van der Waals surface area contributed by atoms with Gasteiger partial charge in [-0.05, 0) is 67.6 Å². The van der Waals surface area contributed by atoms with Gasteiger partial charge in [0.15, 0.2) is 0 Å². The maximum Gasteiger partial charge on any atom is 0.233 e. The van der Waals surface area contributed by atoms with Crippen molar-refractivity contribution in [1.29, 1.82) is 0 Å². The van der Waals surface area contributed by atoms with Crippen LogP contribution in [0.15, 0.2) is 48.5 Å². The van der Waals surface area contributed by atoms with Gasteiger partial charge in [0.05, 0.1) is 12.9 Å². The highest BCUT2D eigenvalue weighted by atomic mass is 32.2. The topological polar surface area (TPSA) is 58.6 Å². The van der Waals surface area contributed by atoms with Crippen LogP contribution in [0.5, 0.6) is 5.75 Å². The van der Waals surface area contributed by atoms with Crippen molar-refractivity contribution in [3.8, 4) is 5.75 Å². The van der Waals surface area contributed by atoms with E-state index in [0.717, 1.165) is 30.1 Å². The molecule has 2 aromatic carbocycles. The molecule has 0 atom stereocenters. The summed E-state index contributed by atoms with van der Waals surface area (Å²) < 4.78 is 32.6. The molecule has 1 fully saturated rings. The fourth-order valence-corrected chi connectivity index (χ4v) is 4.30. The zero-order valence-corrected chi connectivity index (χ0v) is 16.0. The third-order valence-corrected chi connectivity index (χ3v) is 5.94. The van der Waals surface area contributed by atoms with Crippen molar-refractivity contribution in [2.45, 2.75) is 25.7 Å². The summed E-state index contributed by atoms with van der Waals surface area (Å²) in [6.45, 7) is 2.15. The Labute approximate surface area is 156 Å². The molecule has 3 rings (SSSR count). The van der Waals surface area contributed by atoms with E-state index in [1.807, 2.05) is 48.5 Å². The summed E-state index contributed by atoms with van der Waals surface area (Å²) in [6.07, 6.45) is 4.18. The summed E-state index contributed by atoms with van der Waals surface area (Å²) in [4.78, 5) is 2.35. The molecule has 5 nitrogen and oxygen atoms in total. The van der Waals surface area contributed by atoms with Gasteiger partial charge < -0.3 is 9.64 Å². The number of rotatable bonds is 7. The van der Waals surface area contributed by atoms with Crippen LogP contribution in [-0.2, 0) is 16.4 Å². The summed E-state index contributed by atoms with van der Waals surface area (Å²) in [7, 11) is -1.79. The van der Waals surface area contributed by atoms with Crippen molar-refractivity contribution in [2.24, 2.45) is 0 Å². The van der Waals surface area contributed by atoms with E-state index in [9.17, 15) is 8.42 Å². The maximum absolute atomic E-state index is 12.4. The van der Waals surface area contributed by atoms with Crippen molar-refractivity contribution in [2.75, 3.05) is 35.6 Å². The minimum atomic E-state index is -3.39. The largest absolute Gasteiger partial charge is 0.497 e. The van der Waals surface area contributed by atoms with E-state index in [0.29, 0.717) is 12.1 Å². The Morgan fingerprint density at radius 3 is 2.46 bits per heavy atom. The van der Waals surface area contributed by atoms with Gasteiger partial charge >= 0.3 is 0 Å². The second-order valence-electron chi connectivity index (χ2n) is 6.62. The Balaban J connectivity index is 1.58. The van der Waals surface area contributed by atoms with Gasteiger partial charge in [0, 0.05) is 24.5 Å². The molecule has 2 aromatic rings. The van der Waals surface area contributed by atoms with E-state index in [-0.39, 0.29) is 5.75 Å². The number of nitrogens with zero attached hydrogens (tertiary/aromatic N) is 1. The normalized spacial score (nSPS) is 14.9. The zero-order valence-electron chi connectivity index (χ0n) is 15.1. The third kappa shape index (κ3) is 5.14. The third-order valence-electron chi connectivity index (χ3n) is 4.66.